The molecular weight excluding hydrogens is 402 g/mol. The number of anilines is 1. The third-order valence-corrected chi connectivity index (χ3v) is 5.99. The van der Waals surface area contributed by atoms with E-state index in [0.717, 1.165) is 44.2 Å². The topological polar surface area (TPSA) is 45.2 Å². The summed E-state index contributed by atoms with van der Waals surface area (Å²) in [7, 11) is 1.71. The van der Waals surface area contributed by atoms with Crippen LogP contribution in [0.4, 0.5) is 5.69 Å². The first-order chi connectivity index (χ1) is 14.6. The van der Waals surface area contributed by atoms with E-state index >= 15 is 0 Å². The number of nitrogens with zero attached hydrogens (tertiary/aromatic N) is 3. The quantitative estimate of drug-likeness (QED) is 0.731. The minimum Gasteiger partial charge on any atom is -0.495 e. The lowest BCUT2D eigenvalue weighted by Crippen LogP contribution is -2.53. The normalized spacial score (nSPS) is 20.3. The summed E-state index contributed by atoms with van der Waals surface area (Å²) < 4.78 is 11.5. The summed E-state index contributed by atoms with van der Waals surface area (Å²) in [6.07, 6.45) is 0.0275. The Balaban J connectivity index is 1.30. The molecule has 2 fully saturated rings. The van der Waals surface area contributed by atoms with Crippen molar-refractivity contribution in [1.29, 1.82) is 0 Å². The SMILES string of the molecule is COc1ccccc1N1CCN(CC2CN(C(=O)c3cccc(Cl)c3)CCO2)CC1. The minimum atomic E-state index is 0.0202. The lowest BCUT2D eigenvalue weighted by molar-refractivity contribution is -0.0363. The molecule has 6 nitrogen and oxygen atoms in total. The van der Waals surface area contributed by atoms with Crippen LogP contribution in [0.3, 0.4) is 0 Å². The molecular formula is C23H28ClN3O3. The maximum Gasteiger partial charge on any atom is 0.254 e. The molecule has 7 heteroatoms. The molecule has 160 valence electrons. The monoisotopic (exact) mass is 429 g/mol. The van der Waals surface area contributed by atoms with Crippen LogP contribution in [-0.2, 0) is 4.74 Å². The van der Waals surface area contributed by atoms with E-state index in [-0.39, 0.29) is 12.0 Å². The van der Waals surface area contributed by atoms with E-state index in [4.69, 9.17) is 21.1 Å². The summed E-state index contributed by atoms with van der Waals surface area (Å²) in [5.74, 6) is 0.934. The third-order valence-electron chi connectivity index (χ3n) is 5.76. The molecule has 2 saturated heterocycles. The van der Waals surface area contributed by atoms with Gasteiger partial charge in [-0.2, -0.15) is 0 Å². The highest BCUT2D eigenvalue weighted by Crippen LogP contribution is 2.28. The van der Waals surface area contributed by atoms with Crippen molar-refractivity contribution in [1.82, 2.24) is 9.80 Å². The fourth-order valence-corrected chi connectivity index (χ4v) is 4.36. The minimum absolute atomic E-state index is 0.0202. The number of hydrogen-bond acceptors (Lipinski definition) is 5. The van der Waals surface area contributed by atoms with Crippen LogP contribution in [0, 0.1) is 0 Å². The highest BCUT2D eigenvalue weighted by molar-refractivity contribution is 6.30. The fourth-order valence-electron chi connectivity index (χ4n) is 4.17. The van der Waals surface area contributed by atoms with Crippen molar-refractivity contribution in [3.8, 4) is 5.75 Å². The van der Waals surface area contributed by atoms with Crippen LogP contribution in [0.5, 0.6) is 5.75 Å². The number of carbonyl (C=O) groups excluding carboxylic acids is 1. The molecule has 1 unspecified atom stereocenters. The van der Waals surface area contributed by atoms with Gasteiger partial charge in [0, 0.05) is 56.4 Å². The van der Waals surface area contributed by atoms with Crippen LogP contribution in [0.25, 0.3) is 0 Å². The Hall–Kier alpha value is -2.28. The van der Waals surface area contributed by atoms with Crippen molar-refractivity contribution in [2.24, 2.45) is 0 Å². The smallest absolute Gasteiger partial charge is 0.254 e. The first-order valence-corrected chi connectivity index (χ1v) is 10.8. The van der Waals surface area contributed by atoms with Crippen molar-refractivity contribution in [3.63, 3.8) is 0 Å². The third kappa shape index (κ3) is 4.89. The Morgan fingerprint density at radius 1 is 1.10 bits per heavy atom. The number of benzene rings is 2. The van der Waals surface area contributed by atoms with Gasteiger partial charge in [-0.05, 0) is 30.3 Å². The van der Waals surface area contributed by atoms with Gasteiger partial charge < -0.3 is 19.3 Å². The zero-order valence-corrected chi connectivity index (χ0v) is 18.1. The summed E-state index contributed by atoms with van der Waals surface area (Å²) in [4.78, 5) is 19.5. The van der Waals surface area contributed by atoms with Gasteiger partial charge in [-0.1, -0.05) is 29.8 Å². The van der Waals surface area contributed by atoms with Gasteiger partial charge in [-0.25, -0.2) is 0 Å². The molecule has 4 rings (SSSR count). The number of hydrogen-bond donors (Lipinski definition) is 0. The first kappa shape index (κ1) is 21.0. The molecule has 0 N–H and O–H groups in total. The van der Waals surface area contributed by atoms with Gasteiger partial charge in [0.15, 0.2) is 0 Å². The molecule has 0 radical (unpaired) electrons. The van der Waals surface area contributed by atoms with Gasteiger partial charge in [0.25, 0.3) is 5.91 Å². The zero-order chi connectivity index (χ0) is 20.9. The van der Waals surface area contributed by atoms with Gasteiger partial charge >= 0.3 is 0 Å². The number of methoxy groups -OCH3 is 1. The number of amides is 1. The van der Waals surface area contributed by atoms with Gasteiger partial charge in [-0.15, -0.1) is 0 Å². The molecule has 0 spiro atoms. The zero-order valence-electron chi connectivity index (χ0n) is 17.3. The Kier molecular flexibility index (Phi) is 6.77. The van der Waals surface area contributed by atoms with E-state index in [1.54, 1.807) is 19.2 Å². The molecule has 0 bridgehead atoms. The van der Waals surface area contributed by atoms with Gasteiger partial charge in [0.1, 0.15) is 5.75 Å². The standard InChI is InChI=1S/C23H28ClN3O3/c1-29-22-8-3-2-7-21(22)26-11-9-25(10-12-26)16-20-17-27(13-14-30-20)23(28)18-5-4-6-19(24)15-18/h2-8,15,20H,9-14,16-17H2,1H3. The molecule has 2 aromatic rings. The summed E-state index contributed by atoms with van der Waals surface area (Å²) >= 11 is 6.05. The van der Waals surface area contributed by atoms with Gasteiger partial charge in [-0.3, -0.25) is 9.69 Å². The van der Waals surface area contributed by atoms with E-state index in [2.05, 4.69) is 15.9 Å². The molecule has 1 amide bonds. The average molecular weight is 430 g/mol. The van der Waals surface area contributed by atoms with Gasteiger partial charge in [0.05, 0.1) is 25.5 Å². The summed E-state index contributed by atoms with van der Waals surface area (Å²) in [6.45, 7) is 6.43. The number of halogens is 1. The largest absolute Gasteiger partial charge is 0.495 e. The van der Waals surface area contributed by atoms with Crippen LogP contribution >= 0.6 is 11.6 Å². The number of rotatable bonds is 5. The molecule has 0 aromatic heterocycles. The van der Waals surface area contributed by atoms with Crippen LogP contribution in [0.1, 0.15) is 10.4 Å². The Bertz CT molecular complexity index is 870. The molecule has 2 aliphatic heterocycles. The number of piperazine rings is 1. The molecule has 0 aliphatic carbocycles. The van der Waals surface area contributed by atoms with Crippen LogP contribution in [-0.4, -0.2) is 81.3 Å². The predicted octanol–water partition coefficient (Wildman–Crippen LogP) is 3.01. The Morgan fingerprint density at radius 2 is 1.90 bits per heavy atom. The lowest BCUT2D eigenvalue weighted by atomic mass is 10.1. The second-order valence-electron chi connectivity index (χ2n) is 7.71. The van der Waals surface area contributed by atoms with Crippen molar-refractivity contribution in [2.45, 2.75) is 6.10 Å². The van der Waals surface area contributed by atoms with E-state index in [0.29, 0.717) is 30.3 Å². The van der Waals surface area contributed by atoms with Crippen molar-refractivity contribution in [2.75, 3.05) is 64.4 Å². The number of morpholine rings is 1. The molecule has 2 aliphatic rings. The number of para-hydroxylation sites is 2. The van der Waals surface area contributed by atoms with Gasteiger partial charge in [0.2, 0.25) is 0 Å². The highest BCUT2D eigenvalue weighted by Gasteiger charge is 2.28. The molecule has 1 atom stereocenters. The Morgan fingerprint density at radius 3 is 2.67 bits per heavy atom. The molecule has 30 heavy (non-hydrogen) atoms. The van der Waals surface area contributed by atoms with E-state index in [1.165, 1.54) is 0 Å². The highest BCUT2D eigenvalue weighted by atomic mass is 35.5. The summed E-state index contributed by atoms with van der Waals surface area (Å²) in [6, 6.07) is 15.3. The molecule has 0 saturated carbocycles. The lowest BCUT2D eigenvalue weighted by Gasteiger charge is -2.40. The maximum atomic E-state index is 12.8. The molecule has 2 aromatic carbocycles. The number of ether oxygens (including phenoxy) is 2. The maximum absolute atomic E-state index is 12.8. The predicted molar refractivity (Wildman–Crippen MR) is 119 cm³/mol. The van der Waals surface area contributed by atoms with Crippen molar-refractivity contribution in [3.05, 3.63) is 59.1 Å². The number of carbonyl (C=O) groups is 1. The fraction of sp³-hybridized carbons (Fsp3) is 0.435. The van der Waals surface area contributed by atoms with Crippen LogP contribution in [0.2, 0.25) is 5.02 Å². The first-order valence-electron chi connectivity index (χ1n) is 10.4. The molecule has 2 heterocycles. The summed E-state index contributed by atoms with van der Waals surface area (Å²) in [5, 5.41) is 0.582. The van der Waals surface area contributed by atoms with E-state index in [1.807, 2.05) is 35.2 Å². The average Bonchev–Trinajstić information content (AvgIpc) is 2.79. The van der Waals surface area contributed by atoms with Crippen molar-refractivity contribution >= 4 is 23.2 Å². The van der Waals surface area contributed by atoms with E-state index < -0.39 is 0 Å². The van der Waals surface area contributed by atoms with Crippen molar-refractivity contribution < 1.29 is 14.3 Å². The summed E-state index contributed by atoms with van der Waals surface area (Å²) in [5.41, 5.74) is 1.78. The second kappa shape index (κ2) is 9.69. The van der Waals surface area contributed by atoms with Crippen LogP contribution < -0.4 is 9.64 Å². The van der Waals surface area contributed by atoms with E-state index in [9.17, 15) is 4.79 Å². The van der Waals surface area contributed by atoms with Crippen LogP contribution in [0.15, 0.2) is 48.5 Å². The second-order valence-corrected chi connectivity index (χ2v) is 8.15. The Labute approximate surface area is 182 Å².